The Bertz CT molecular complexity index is 975. The zero-order valence-corrected chi connectivity index (χ0v) is 18.3. The third kappa shape index (κ3) is 5.66. The van der Waals surface area contributed by atoms with Gasteiger partial charge >= 0.3 is 15.6 Å². The van der Waals surface area contributed by atoms with Crippen LogP contribution < -0.4 is 8.92 Å². The summed E-state index contributed by atoms with van der Waals surface area (Å²) >= 11 is 0. The van der Waals surface area contributed by atoms with Crippen LogP contribution in [0.25, 0.3) is 0 Å². The van der Waals surface area contributed by atoms with Gasteiger partial charge in [0.25, 0.3) is 0 Å². The predicted octanol–water partition coefficient (Wildman–Crippen LogP) is 5.23. The minimum absolute atomic E-state index is 0.138. The number of hydrogen-bond donors (Lipinski definition) is 0. The van der Waals surface area contributed by atoms with E-state index in [1.54, 1.807) is 21.0 Å². The quantitative estimate of drug-likeness (QED) is 0.316. The molecule has 0 bridgehead atoms. The molecule has 0 radical (unpaired) electrons. The van der Waals surface area contributed by atoms with Crippen molar-refractivity contribution in [2.75, 3.05) is 13.9 Å². The molecule has 30 heavy (non-hydrogen) atoms. The highest BCUT2D eigenvalue weighted by molar-refractivity contribution is 7.88. The van der Waals surface area contributed by atoms with E-state index in [0.717, 1.165) is 22.4 Å². The molecular weight excluding hydrogens is 421 g/mol. The van der Waals surface area contributed by atoms with Crippen molar-refractivity contribution in [3.63, 3.8) is 0 Å². The summed E-state index contributed by atoms with van der Waals surface area (Å²) in [6.45, 7) is 7.63. The molecule has 0 aliphatic carbocycles. The summed E-state index contributed by atoms with van der Waals surface area (Å²) in [6.07, 6.45) is 0.522. The van der Waals surface area contributed by atoms with Crippen molar-refractivity contribution >= 4 is 10.1 Å². The zero-order chi connectivity index (χ0) is 22.7. The lowest BCUT2D eigenvalue weighted by atomic mass is 9.93. The van der Waals surface area contributed by atoms with Crippen LogP contribution in [0.1, 0.15) is 47.6 Å². The van der Waals surface area contributed by atoms with Gasteiger partial charge in [-0.1, -0.05) is 26.0 Å². The van der Waals surface area contributed by atoms with E-state index < -0.39 is 15.6 Å². The molecule has 0 fully saturated rings. The lowest BCUT2D eigenvalue weighted by molar-refractivity contribution is -0.0500. The Morgan fingerprint density at radius 3 is 2.13 bits per heavy atom. The lowest BCUT2D eigenvalue weighted by Gasteiger charge is -2.17. The molecule has 2 aromatic rings. The van der Waals surface area contributed by atoms with E-state index in [1.165, 1.54) is 12.1 Å². The Kier molecular flexibility index (Phi) is 7.41. The van der Waals surface area contributed by atoms with Crippen molar-refractivity contribution in [1.82, 2.24) is 0 Å². The van der Waals surface area contributed by atoms with Gasteiger partial charge < -0.3 is 13.7 Å². The minimum Gasteiger partial charge on any atom is -0.467 e. The summed E-state index contributed by atoms with van der Waals surface area (Å²) in [6, 6.07) is 8.39. The molecule has 9 heteroatoms. The van der Waals surface area contributed by atoms with Gasteiger partial charge in [0.15, 0.2) is 6.79 Å². The van der Waals surface area contributed by atoms with Crippen LogP contribution in [-0.4, -0.2) is 27.8 Å². The summed E-state index contributed by atoms with van der Waals surface area (Å²) in [7, 11) is -4.16. The number of aryl methyl sites for hydroxylation is 2. The molecule has 0 amide bonds. The molecule has 0 spiro atoms. The van der Waals surface area contributed by atoms with Crippen LogP contribution in [0.2, 0.25) is 0 Å². The van der Waals surface area contributed by atoms with Crippen LogP contribution >= 0.6 is 0 Å². The van der Waals surface area contributed by atoms with Crippen molar-refractivity contribution in [1.29, 1.82) is 0 Å². The Hall–Kier alpha value is -2.26. The van der Waals surface area contributed by atoms with Crippen molar-refractivity contribution < 1.29 is 35.2 Å². The molecule has 0 aliphatic rings. The number of ether oxygens (including phenoxy) is 2. The van der Waals surface area contributed by atoms with Gasteiger partial charge in [-0.2, -0.15) is 21.6 Å². The normalized spacial score (nSPS) is 12.3. The van der Waals surface area contributed by atoms with Gasteiger partial charge in [0.05, 0.1) is 0 Å². The predicted molar refractivity (Wildman–Crippen MR) is 107 cm³/mol. The first kappa shape index (κ1) is 24.0. The molecule has 2 rings (SSSR count). The van der Waals surface area contributed by atoms with Gasteiger partial charge in [0.2, 0.25) is 0 Å². The molecule has 166 valence electrons. The smallest absolute Gasteiger partial charge is 0.467 e. The SMILES string of the molecule is COCOc1ccc(Cc2c(C)cc(OS(=O)(=O)C(F)(F)F)cc2C)cc1C(C)C. The second kappa shape index (κ2) is 9.26. The molecule has 0 saturated carbocycles. The molecular formula is C21H25F3O5S. The van der Waals surface area contributed by atoms with Gasteiger partial charge in [0, 0.05) is 7.11 Å². The first-order chi connectivity index (χ1) is 13.9. The van der Waals surface area contributed by atoms with Gasteiger partial charge in [-0.3, -0.25) is 0 Å². The van der Waals surface area contributed by atoms with E-state index in [-0.39, 0.29) is 18.5 Å². The molecule has 0 aromatic heterocycles. The number of alkyl halides is 3. The number of methoxy groups -OCH3 is 1. The van der Waals surface area contributed by atoms with Crippen LogP contribution in [0.3, 0.4) is 0 Å². The van der Waals surface area contributed by atoms with Gasteiger partial charge in [-0.05, 0) is 72.2 Å². The molecule has 0 saturated heterocycles. The zero-order valence-electron chi connectivity index (χ0n) is 17.5. The summed E-state index contributed by atoms with van der Waals surface area (Å²) in [5, 5.41) is 0. The minimum atomic E-state index is -5.71. The standard InChI is InChI=1S/C21H25F3O5S/c1-13(2)18-10-16(6-7-20(18)28-12-27-5)11-19-14(3)8-17(9-15(19)4)29-30(25,26)21(22,23)24/h6-10,13H,11-12H2,1-5H3. The highest BCUT2D eigenvalue weighted by Gasteiger charge is 2.48. The Labute approximate surface area is 174 Å². The van der Waals surface area contributed by atoms with Crippen LogP contribution in [0.15, 0.2) is 30.3 Å². The van der Waals surface area contributed by atoms with E-state index >= 15 is 0 Å². The van der Waals surface area contributed by atoms with Crippen LogP contribution in [0, 0.1) is 13.8 Å². The van der Waals surface area contributed by atoms with Crippen LogP contribution in [-0.2, 0) is 21.3 Å². The highest BCUT2D eigenvalue weighted by atomic mass is 32.2. The third-order valence-corrected chi connectivity index (χ3v) is 5.55. The average molecular weight is 446 g/mol. The summed E-state index contributed by atoms with van der Waals surface area (Å²) in [5.41, 5.74) is -1.33. The fourth-order valence-corrected chi connectivity index (χ4v) is 3.52. The van der Waals surface area contributed by atoms with Crippen LogP contribution in [0.4, 0.5) is 13.2 Å². The maximum absolute atomic E-state index is 12.6. The maximum atomic E-state index is 12.6. The lowest BCUT2D eigenvalue weighted by Crippen LogP contribution is -2.28. The molecule has 0 atom stereocenters. The molecule has 2 aromatic carbocycles. The van der Waals surface area contributed by atoms with E-state index in [1.807, 2.05) is 32.0 Å². The fourth-order valence-electron chi connectivity index (χ4n) is 3.07. The van der Waals surface area contributed by atoms with Crippen molar-refractivity contribution in [2.45, 2.75) is 45.5 Å². The Morgan fingerprint density at radius 2 is 1.63 bits per heavy atom. The second-order valence-electron chi connectivity index (χ2n) is 7.27. The van der Waals surface area contributed by atoms with Gasteiger partial charge in [0.1, 0.15) is 11.5 Å². The van der Waals surface area contributed by atoms with Crippen molar-refractivity contribution in [3.05, 3.63) is 58.1 Å². The topological polar surface area (TPSA) is 61.8 Å². The summed E-state index contributed by atoms with van der Waals surface area (Å²) in [4.78, 5) is 0. The second-order valence-corrected chi connectivity index (χ2v) is 8.81. The number of rotatable bonds is 8. The number of halogens is 3. The maximum Gasteiger partial charge on any atom is 0.534 e. The van der Waals surface area contributed by atoms with E-state index in [9.17, 15) is 21.6 Å². The fraction of sp³-hybridized carbons (Fsp3) is 0.429. The van der Waals surface area contributed by atoms with Crippen molar-refractivity contribution in [2.24, 2.45) is 0 Å². The monoisotopic (exact) mass is 446 g/mol. The Morgan fingerprint density at radius 1 is 1.03 bits per heavy atom. The first-order valence-corrected chi connectivity index (χ1v) is 10.6. The molecule has 0 heterocycles. The average Bonchev–Trinajstić information content (AvgIpc) is 2.62. The van der Waals surface area contributed by atoms with E-state index in [4.69, 9.17) is 9.47 Å². The van der Waals surface area contributed by atoms with E-state index in [2.05, 4.69) is 4.18 Å². The van der Waals surface area contributed by atoms with Gasteiger partial charge in [-0.25, -0.2) is 0 Å². The molecule has 0 aliphatic heterocycles. The van der Waals surface area contributed by atoms with E-state index in [0.29, 0.717) is 17.5 Å². The molecule has 0 N–H and O–H groups in total. The highest BCUT2D eigenvalue weighted by Crippen LogP contribution is 2.32. The molecule has 5 nitrogen and oxygen atoms in total. The first-order valence-electron chi connectivity index (χ1n) is 9.21. The molecule has 0 unspecified atom stereocenters. The number of benzene rings is 2. The Balaban J connectivity index is 2.32. The largest absolute Gasteiger partial charge is 0.534 e. The summed E-state index contributed by atoms with van der Waals surface area (Å²) < 4.78 is 75.0. The van der Waals surface area contributed by atoms with Gasteiger partial charge in [-0.15, -0.1) is 0 Å². The summed E-state index contributed by atoms with van der Waals surface area (Å²) in [5.74, 6) is 0.574. The number of hydrogen-bond acceptors (Lipinski definition) is 5. The third-order valence-electron chi connectivity index (χ3n) is 4.57. The van der Waals surface area contributed by atoms with Crippen molar-refractivity contribution in [3.8, 4) is 11.5 Å². The van der Waals surface area contributed by atoms with Crippen LogP contribution in [0.5, 0.6) is 11.5 Å².